The number of benzene rings is 2. The van der Waals surface area contributed by atoms with Crippen molar-refractivity contribution in [3.05, 3.63) is 72.3 Å². The molecule has 0 aliphatic heterocycles. The maximum Gasteiger partial charge on any atom is 0.362 e. The molecular weight excluding hydrogens is 400 g/mol. The first kappa shape index (κ1) is 20.1. The van der Waals surface area contributed by atoms with Gasteiger partial charge in [0.2, 0.25) is 11.5 Å². The van der Waals surface area contributed by atoms with E-state index in [1.165, 1.54) is 0 Å². The van der Waals surface area contributed by atoms with E-state index in [4.69, 9.17) is 18.7 Å². The van der Waals surface area contributed by atoms with Crippen molar-refractivity contribution in [3.63, 3.8) is 0 Å². The second-order valence-electron chi connectivity index (χ2n) is 6.38. The molecule has 158 valence electrons. The summed E-state index contributed by atoms with van der Waals surface area (Å²) in [6, 6.07) is 16.6. The number of nitrogens with zero attached hydrogens (tertiary/aromatic N) is 4. The summed E-state index contributed by atoms with van der Waals surface area (Å²) in [4.78, 5) is 16.7. The standard InChI is InChI=1S/C22H20N4O5/c1-3-29-22(27)20-18(13-26(24-20)16-7-5-4-6-8-16)30-14-19-23-21(31-25-19)15-9-11-17(28-2)12-10-15/h4-13H,3,14H2,1-2H3. The van der Waals surface area contributed by atoms with Gasteiger partial charge in [0.15, 0.2) is 12.4 Å². The molecule has 2 aromatic heterocycles. The monoisotopic (exact) mass is 420 g/mol. The van der Waals surface area contributed by atoms with Crippen molar-refractivity contribution in [2.24, 2.45) is 0 Å². The fourth-order valence-corrected chi connectivity index (χ4v) is 2.82. The van der Waals surface area contributed by atoms with Crippen LogP contribution in [-0.2, 0) is 11.3 Å². The third kappa shape index (κ3) is 4.55. The fraction of sp³-hybridized carbons (Fsp3) is 0.182. The second kappa shape index (κ2) is 9.12. The lowest BCUT2D eigenvalue weighted by atomic mass is 10.2. The van der Waals surface area contributed by atoms with E-state index in [0.717, 1.165) is 17.0 Å². The first-order valence-corrected chi connectivity index (χ1v) is 9.60. The summed E-state index contributed by atoms with van der Waals surface area (Å²) < 4.78 is 22.9. The Morgan fingerprint density at radius 2 is 1.87 bits per heavy atom. The number of hydrogen-bond donors (Lipinski definition) is 0. The Labute approximate surface area is 178 Å². The number of carbonyl (C=O) groups is 1. The van der Waals surface area contributed by atoms with Gasteiger partial charge in [-0.25, -0.2) is 9.48 Å². The highest BCUT2D eigenvalue weighted by Gasteiger charge is 2.21. The van der Waals surface area contributed by atoms with Gasteiger partial charge in [-0.2, -0.15) is 10.1 Å². The number of carbonyl (C=O) groups excluding carboxylic acids is 1. The van der Waals surface area contributed by atoms with Crippen molar-refractivity contribution in [2.45, 2.75) is 13.5 Å². The van der Waals surface area contributed by atoms with Crippen LogP contribution < -0.4 is 9.47 Å². The van der Waals surface area contributed by atoms with E-state index in [0.29, 0.717) is 11.7 Å². The van der Waals surface area contributed by atoms with E-state index in [1.807, 2.05) is 42.5 Å². The van der Waals surface area contributed by atoms with Gasteiger partial charge in [-0.3, -0.25) is 0 Å². The molecule has 31 heavy (non-hydrogen) atoms. The van der Waals surface area contributed by atoms with Crippen LogP contribution in [0.4, 0.5) is 0 Å². The van der Waals surface area contributed by atoms with Gasteiger partial charge in [-0.1, -0.05) is 23.4 Å². The largest absolute Gasteiger partial charge is 0.497 e. The predicted molar refractivity (Wildman–Crippen MR) is 110 cm³/mol. The molecule has 0 aliphatic rings. The quantitative estimate of drug-likeness (QED) is 0.398. The topological polar surface area (TPSA) is 102 Å². The molecule has 4 rings (SSSR count). The molecule has 0 saturated carbocycles. The minimum Gasteiger partial charge on any atom is -0.497 e. The molecule has 0 atom stereocenters. The smallest absolute Gasteiger partial charge is 0.362 e. The third-order valence-electron chi connectivity index (χ3n) is 4.33. The van der Waals surface area contributed by atoms with Crippen molar-refractivity contribution in [1.29, 1.82) is 0 Å². The van der Waals surface area contributed by atoms with Gasteiger partial charge in [0.05, 0.1) is 25.6 Å². The average molecular weight is 420 g/mol. The number of hydrogen-bond acceptors (Lipinski definition) is 8. The maximum absolute atomic E-state index is 12.3. The van der Waals surface area contributed by atoms with Crippen molar-refractivity contribution in [1.82, 2.24) is 19.9 Å². The first-order valence-electron chi connectivity index (χ1n) is 9.60. The molecule has 0 bridgehead atoms. The third-order valence-corrected chi connectivity index (χ3v) is 4.33. The van der Waals surface area contributed by atoms with Crippen molar-refractivity contribution in [2.75, 3.05) is 13.7 Å². The lowest BCUT2D eigenvalue weighted by Crippen LogP contribution is -2.09. The highest BCUT2D eigenvalue weighted by molar-refractivity contribution is 5.90. The summed E-state index contributed by atoms with van der Waals surface area (Å²) in [5.41, 5.74) is 1.61. The van der Waals surface area contributed by atoms with Crippen LogP contribution in [0.1, 0.15) is 23.2 Å². The van der Waals surface area contributed by atoms with Crippen LogP contribution in [-0.4, -0.2) is 39.6 Å². The molecule has 0 saturated heterocycles. The minimum atomic E-state index is -0.570. The number of methoxy groups -OCH3 is 1. The molecule has 0 spiro atoms. The van der Waals surface area contributed by atoms with E-state index in [2.05, 4.69) is 15.2 Å². The Morgan fingerprint density at radius 3 is 2.58 bits per heavy atom. The summed E-state index contributed by atoms with van der Waals surface area (Å²) in [5.74, 6) is 1.10. The van der Waals surface area contributed by atoms with Crippen LogP contribution in [0.2, 0.25) is 0 Å². The van der Waals surface area contributed by atoms with Crippen molar-refractivity contribution >= 4 is 5.97 Å². The molecule has 0 unspecified atom stereocenters. The summed E-state index contributed by atoms with van der Waals surface area (Å²) in [5, 5.41) is 8.26. The van der Waals surface area contributed by atoms with E-state index >= 15 is 0 Å². The van der Waals surface area contributed by atoms with Crippen LogP contribution in [0.25, 0.3) is 17.1 Å². The Morgan fingerprint density at radius 1 is 1.10 bits per heavy atom. The second-order valence-corrected chi connectivity index (χ2v) is 6.38. The van der Waals surface area contributed by atoms with E-state index in [9.17, 15) is 4.79 Å². The lowest BCUT2D eigenvalue weighted by molar-refractivity contribution is 0.0513. The maximum atomic E-state index is 12.3. The molecule has 0 aliphatic carbocycles. The lowest BCUT2D eigenvalue weighted by Gasteiger charge is -2.03. The van der Waals surface area contributed by atoms with Gasteiger partial charge in [0.25, 0.3) is 5.89 Å². The molecular formula is C22H20N4O5. The minimum absolute atomic E-state index is 0.00740. The Bertz CT molecular complexity index is 1150. The van der Waals surface area contributed by atoms with E-state index in [-0.39, 0.29) is 24.7 Å². The van der Waals surface area contributed by atoms with Gasteiger partial charge in [0.1, 0.15) is 5.75 Å². The molecule has 0 radical (unpaired) electrons. The van der Waals surface area contributed by atoms with Crippen LogP contribution in [0.5, 0.6) is 11.5 Å². The average Bonchev–Trinajstić information content (AvgIpc) is 3.46. The molecule has 2 heterocycles. The van der Waals surface area contributed by atoms with E-state index < -0.39 is 5.97 Å². The molecule has 0 fully saturated rings. The highest BCUT2D eigenvalue weighted by Crippen LogP contribution is 2.23. The number of aromatic nitrogens is 4. The summed E-state index contributed by atoms with van der Waals surface area (Å²) >= 11 is 0. The predicted octanol–water partition coefficient (Wildman–Crippen LogP) is 3.69. The Balaban J connectivity index is 1.53. The summed E-state index contributed by atoms with van der Waals surface area (Å²) in [7, 11) is 1.60. The number of ether oxygens (including phenoxy) is 3. The normalized spacial score (nSPS) is 10.6. The molecule has 2 aromatic carbocycles. The SMILES string of the molecule is CCOC(=O)c1nn(-c2ccccc2)cc1OCc1noc(-c2ccc(OC)cc2)n1. The molecule has 9 nitrogen and oxygen atoms in total. The molecule has 9 heteroatoms. The van der Waals surface area contributed by atoms with Gasteiger partial charge < -0.3 is 18.7 Å². The number of rotatable bonds is 8. The van der Waals surface area contributed by atoms with Crippen LogP contribution in [0, 0.1) is 0 Å². The fourth-order valence-electron chi connectivity index (χ4n) is 2.82. The zero-order valence-electron chi connectivity index (χ0n) is 17.0. The number of para-hydroxylation sites is 1. The zero-order valence-corrected chi connectivity index (χ0v) is 17.0. The van der Waals surface area contributed by atoms with Crippen molar-refractivity contribution < 1.29 is 23.5 Å². The first-order chi connectivity index (χ1) is 15.2. The van der Waals surface area contributed by atoms with Gasteiger partial charge in [-0.15, -0.1) is 0 Å². The zero-order chi connectivity index (χ0) is 21.6. The molecule has 0 N–H and O–H groups in total. The summed E-state index contributed by atoms with van der Waals surface area (Å²) in [6.45, 7) is 1.95. The van der Waals surface area contributed by atoms with E-state index in [1.54, 1.807) is 37.0 Å². The highest BCUT2D eigenvalue weighted by atomic mass is 16.5. The Hall–Kier alpha value is -4.14. The number of esters is 1. The van der Waals surface area contributed by atoms with Gasteiger partial charge in [0, 0.05) is 5.56 Å². The van der Waals surface area contributed by atoms with Crippen LogP contribution in [0.3, 0.4) is 0 Å². The Kier molecular flexibility index (Phi) is 5.93. The summed E-state index contributed by atoms with van der Waals surface area (Å²) in [6.07, 6.45) is 1.62. The van der Waals surface area contributed by atoms with Crippen molar-refractivity contribution in [3.8, 4) is 28.6 Å². The molecule has 0 amide bonds. The van der Waals surface area contributed by atoms with Gasteiger partial charge in [-0.05, 0) is 43.3 Å². The van der Waals surface area contributed by atoms with Crippen LogP contribution >= 0.6 is 0 Å². The van der Waals surface area contributed by atoms with Gasteiger partial charge >= 0.3 is 5.97 Å². The molecule has 4 aromatic rings. The van der Waals surface area contributed by atoms with Crippen LogP contribution in [0.15, 0.2) is 65.3 Å².